The number of rotatable bonds is 8. The molecule has 1 aliphatic heterocycles. The summed E-state index contributed by atoms with van der Waals surface area (Å²) in [5.41, 5.74) is 2.81. The Morgan fingerprint density at radius 2 is 1.96 bits per heavy atom. The molecule has 0 spiro atoms. The number of hydrogen-bond donors (Lipinski definition) is 2. The Bertz CT molecular complexity index is 604. The fourth-order valence-corrected chi connectivity index (χ4v) is 3.22. The molecule has 28 heavy (non-hydrogen) atoms. The second kappa shape index (κ2) is 11.4. The molecule has 2 rings (SSSR count). The number of nitrogens with one attached hydrogen (secondary N) is 2. The summed E-state index contributed by atoms with van der Waals surface area (Å²) in [7, 11) is 1.82. The molecule has 5 heteroatoms. The van der Waals surface area contributed by atoms with Crippen molar-refractivity contribution in [1.82, 2.24) is 10.6 Å². The fourth-order valence-electron chi connectivity index (χ4n) is 3.22. The van der Waals surface area contributed by atoms with E-state index in [-0.39, 0.29) is 0 Å². The second-order valence-electron chi connectivity index (χ2n) is 9.01. The maximum Gasteiger partial charge on any atom is 0.191 e. The standard InChI is InChI=1S/C23H39N3O2/c1-18(9-12-23(2,3)4)26-22(24-5)25-16-19-7-6-8-20(15-19)17-28-21-10-13-27-14-11-21/h6-8,15,18,21H,9-14,16-17H2,1-5H3,(H2,24,25,26). The summed E-state index contributed by atoms with van der Waals surface area (Å²) in [6, 6.07) is 8.97. The van der Waals surface area contributed by atoms with Crippen molar-refractivity contribution in [2.45, 2.75) is 78.7 Å². The largest absolute Gasteiger partial charge is 0.381 e. The molecule has 5 nitrogen and oxygen atoms in total. The van der Waals surface area contributed by atoms with E-state index in [1.54, 1.807) is 0 Å². The summed E-state index contributed by atoms with van der Waals surface area (Å²) in [6.45, 7) is 12.1. The number of hydrogen-bond acceptors (Lipinski definition) is 3. The van der Waals surface area contributed by atoms with Crippen LogP contribution in [0.3, 0.4) is 0 Å². The minimum Gasteiger partial charge on any atom is -0.381 e. The summed E-state index contributed by atoms with van der Waals surface area (Å²) in [5, 5.41) is 6.92. The molecule has 0 amide bonds. The predicted octanol–water partition coefficient (Wildman–Crippen LogP) is 4.26. The van der Waals surface area contributed by atoms with Crippen molar-refractivity contribution in [2.24, 2.45) is 10.4 Å². The lowest BCUT2D eigenvalue weighted by Gasteiger charge is -2.23. The van der Waals surface area contributed by atoms with E-state index in [2.05, 4.69) is 67.6 Å². The van der Waals surface area contributed by atoms with Gasteiger partial charge in [0, 0.05) is 32.8 Å². The predicted molar refractivity (Wildman–Crippen MR) is 117 cm³/mol. The zero-order chi connectivity index (χ0) is 20.4. The van der Waals surface area contributed by atoms with Crippen molar-refractivity contribution in [3.05, 3.63) is 35.4 Å². The van der Waals surface area contributed by atoms with Crippen LogP contribution in [-0.4, -0.2) is 38.4 Å². The molecule has 0 aliphatic carbocycles. The number of ether oxygens (including phenoxy) is 2. The Morgan fingerprint density at radius 3 is 2.64 bits per heavy atom. The molecule has 1 unspecified atom stereocenters. The molecule has 0 radical (unpaired) electrons. The van der Waals surface area contributed by atoms with Crippen LogP contribution in [0.2, 0.25) is 0 Å². The van der Waals surface area contributed by atoms with Crippen molar-refractivity contribution in [1.29, 1.82) is 0 Å². The molecule has 158 valence electrons. The normalized spacial score (nSPS) is 17.4. The quantitative estimate of drug-likeness (QED) is 0.515. The number of benzene rings is 1. The molecule has 0 saturated carbocycles. The van der Waals surface area contributed by atoms with Crippen LogP contribution in [0.5, 0.6) is 0 Å². The Labute approximate surface area is 171 Å². The molecule has 1 atom stereocenters. The zero-order valence-electron chi connectivity index (χ0n) is 18.4. The number of nitrogens with zero attached hydrogens (tertiary/aromatic N) is 1. The maximum atomic E-state index is 6.04. The number of aliphatic imine (C=N–C) groups is 1. The minimum absolute atomic E-state index is 0.327. The first-order chi connectivity index (χ1) is 13.4. The van der Waals surface area contributed by atoms with Gasteiger partial charge in [-0.2, -0.15) is 0 Å². The van der Waals surface area contributed by atoms with Crippen LogP contribution in [-0.2, 0) is 22.6 Å². The number of guanidine groups is 1. The third kappa shape index (κ3) is 9.07. The molecule has 1 saturated heterocycles. The smallest absolute Gasteiger partial charge is 0.191 e. The van der Waals surface area contributed by atoms with Gasteiger partial charge in [-0.15, -0.1) is 0 Å². The topological polar surface area (TPSA) is 54.9 Å². The van der Waals surface area contributed by atoms with Crippen LogP contribution >= 0.6 is 0 Å². The van der Waals surface area contributed by atoms with E-state index in [0.717, 1.165) is 45.0 Å². The summed E-state index contributed by atoms with van der Waals surface area (Å²) >= 11 is 0. The molecule has 1 aromatic carbocycles. The van der Waals surface area contributed by atoms with Crippen molar-refractivity contribution in [3.63, 3.8) is 0 Å². The Morgan fingerprint density at radius 1 is 1.25 bits per heavy atom. The van der Waals surface area contributed by atoms with E-state index in [1.165, 1.54) is 17.5 Å². The fraction of sp³-hybridized carbons (Fsp3) is 0.696. The van der Waals surface area contributed by atoms with Gasteiger partial charge in [0.1, 0.15) is 0 Å². The molecular weight excluding hydrogens is 350 g/mol. The van der Waals surface area contributed by atoms with Gasteiger partial charge in [0.2, 0.25) is 0 Å². The van der Waals surface area contributed by atoms with Crippen LogP contribution in [0.1, 0.15) is 64.5 Å². The van der Waals surface area contributed by atoms with E-state index >= 15 is 0 Å². The molecule has 2 N–H and O–H groups in total. The lowest BCUT2D eigenvalue weighted by atomic mass is 9.89. The van der Waals surface area contributed by atoms with E-state index in [4.69, 9.17) is 9.47 Å². The van der Waals surface area contributed by atoms with Gasteiger partial charge in [-0.25, -0.2) is 0 Å². The summed E-state index contributed by atoms with van der Waals surface area (Å²) in [4.78, 5) is 4.37. The van der Waals surface area contributed by atoms with Crippen molar-refractivity contribution in [3.8, 4) is 0 Å². The van der Waals surface area contributed by atoms with Gasteiger partial charge in [0.05, 0.1) is 12.7 Å². The first kappa shape index (κ1) is 22.7. The van der Waals surface area contributed by atoms with Gasteiger partial charge in [0.15, 0.2) is 5.96 Å². The molecule has 1 aromatic rings. The highest BCUT2D eigenvalue weighted by atomic mass is 16.5. The molecule has 0 aromatic heterocycles. The van der Waals surface area contributed by atoms with Gasteiger partial charge in [-0.3, -0.25) is 4.99 Å². The Hall–Kier alpha value is -1.59. The van der Waals surface area contributed by atoms with E-state index in [9.17, 15) is 0 Å². The van der Waals surface area contributed by atoms with Gasteiger partial charge in [-0.05, 0) is 49.1 Å². The SMILES string of the molecule is CN=C(NCc1cccc(COC2CCOCC2)c1)NC(C)CCC(C)(C)C. The molecule has 1 heterocycles. The summed E-state index contributed by atoms with van der Waals surface area (Å²) < 4.78 is 11.4. The molecular formula is C23H39N3O2. The highest BCUT2D eigenvalue weighted by Crippen LogP contribution is 2.21. The van der Waals surface area contributed by atoms with Crippen molar-refractivity contribution < 1.29 is 9.47 Å². The van der Waals surface area contributed by atoms with Gasteiger partial charge >= 0.3 is 0 Å². The highest BCUT2D eigenvalue weighted by Gasteiger charge is 2.15. The van der Waals surface area contributed by atoms with Crippen molar-refractivity contribution in [2.75, 3.05) is 20.3 Å². The monoisotopic (exact) mass is 389 g/mol. The van der Waals surface area contributed by atoms with E-state index < -0.39 is 0 Å². The maximum absolute atomic E-state index is 6.04. The first-order valence-corrected chi connectivity index (χ1v) is 10.6. The van der Waals surface area contributed by atoms with Crippen LogP contribution in [0.4, 0.5) is 0 Å². The van der Waals surface area contributed by atoms with E-state index in [0.29, 0.717) is 24.2 Å². The van der Waals surface area contributed by atoms with Crippen LogP contribution in [0.25, 0.3) is 0 Å². The van der Waals surface area contributed by atoms with Gasteiger partial charge < -0.3 is 20.1 Å². The van der Waals surface area contributed by atoms with Gasteiger partial charge in [-0.1, -0.05) is 45.0 Å². The molecule has 1 aliphatic rings. The third-order valence-corrected chi connectivity index (χ3v) is 5.04. The third-order valence-electron chi connectivity index (χ3n) is 5.04. The van der Waals surface area contributed by atoms with E-state index in [1.807, 2.05) is 7.05 Å². The van der Waals surface area contributed by atoms with Crippen LogP contribution in [0.15, 0.2) is 29.3 Å². The van der Waals surface area contributed by atoms with Gasteiger partial charge in [0.25, 0.3) is 0 Å². The van der Waals surface area contributed by atoms with Crippen LogP contribution < -0.4 is 10.6 Å². The zero-order valence-corrected chi connectivity index (χ0v) is 18.4. The lowest BCUT2D eigenvalue weighted by molar-refractivity contribution is -0.0390. The Kier molecular flexibility index (Phi) is 9.26. The highest BCUT2D eigenvalue weighted by molar-refractivity contribution is 5.79. The average molecular weight is 390 g/mol. The molecule has 1 fully saturated rings. The second-order valence-corrected chi connectivity index (χ2v) is 9.01. The first-order valence-electron chi connectivity index (χ1n) is 10.6. The van der Waals surface area contributed by atoms with Crippen molar-refractivity contribution >= 4 is 5.96 Å². The Balaban J connectivity index is 1.77. The summed E-state index contributed by atoms with van der Waals surface area (Å²) in [6.07, 6.45) is 4.64. The minimum atomic E-state index is 0.327. The lowest BCUT2D eigenvalue weighted by Crippen LogP contribution is -2.42. The average Bonchev–Trinajstić information content (AvgIpc) is 2.68. The molecule has 0 bridgehead atoms. The summed E-state index contributed by atoms with van der Waals surface area (Å²) in [5.74, 6) is 0.852. The van der Waals surface area contributed by atoms with Crippen LogP contribution in [0, 0.1) is 5.41 Å².